The van der Waals surface area contributed by atoms with E-state index < -0.39 is 0 Å². The molecule has 3 rings (SSSR count). The van der Waals surface area contributed by atoms with Crippen molar-refractivity contribution in [3.05, 3.63) is 53.6 Å². The molecule has 1 N–H and O–H groups in total. The van der Waals surface area contributed by atoms with Gasteiger partial charge in [-0.3, -0.25) is 0 Å². The van der Waals surface area contributed by atoms with Gasteiger partial charge in [0, 0.05) is 12.0 Å². The average Bonchev–Trinajstić information content (AvgIpc) is 3.11. The molecule has 5 heteroatoms. The van der Waals surface area contributed by atoms with Crippen LogP contribution in [0.15, 0.2) is 47.6 Å². The molecule has 120 valence electrons. The minimum atomic E-state index is 0.185. The van der Waals surface area contributed by atoms with Crippen molar-refractivity contribution in [2.45, 2.75) is 12.5 Å². The number of rotatable bonds is 5. The highest BCUT2D eigenvalue weighted by Gasteiger charge is 2.23. The fourth-order valence-electron chi connectivity index (χ4n) is 2.75. The lowest BCUT2D eigenvalue weighted by atomic mass is 9.99. The van der Waals surface area contributed by atoms with Gasteiger partial charge in [-0.2, -0.15) is 5.10 Å². The summed E-state index contributed by atoms with van der Waals surface area (Å²) in [5, 5.41) is 4.48. The number of hydrogen-bond donors (Lipinski definition) is 1. The zero-order chi connectivity index (χ0) is 16.2. The second kappa shape index (κ2) is 6.60. The molecule has 23 heavy (non-hydrogen) atoms. The van der Waals surface area contributed by atoms with Gasteiger partial charge in [-0.05, 0) is 17.7 Å². The van der Waals surface area contributed by atoms with Gasteiger partial charge in [-0.15, -0.1) is 0 Å². The van der Waals surface area contributed by atoms with Crippen LogP contribution >= 0.6 is 0 Å². The van der Waals surface area contributed by atoms with Gasteiger partial charge in [-0.1, -0.05) is 30.3 Å². The molecule has 0 fully saturated rings. The monoisotopic (exact) mass is 312 g/mol. The molecular formula is C18H20N2O3. The van der Waals surface area contributed by atoms with Gasteiger partial charge < -0.3 is 19.6 Å². The van der Waals surface area contributed by atoms with Crippen molar-refractivity contribution in [1.82, 2.24) is 5.43 Å². The van der Waals surface area contributed by atoms with Gasteiger partial charge in [0.15, 0.2) is 11.5 Å². The van der Waals surface area contributed by atoms with Crippen LogP contribution in [0, 0.1) is 0 Å². The highest BCUT2D eigenvalue weighted by Crippen LogP contribution is 2.39. The molecule has 1 heterocycles. The Labute approximate surface area is 135 Å². The van der Waals surface area contributed by atoms with Crippen molar-refractivity contribution < 1.29 is 14.2 Å². The molecule has 5 nitrogen and oxygen atoms in total. The topological polar surface area (TPSA) is 52.1 Å². The first-order valence-corrected chi connectivity index (χ1v) is 7.44. The zero-order valence-electron chi connectivity index (χ0n) is 13.5. The summed E-state index contributed by atoms with van der Waals surface area (Å²) in [6.45, 7) is 0. The summed E-state index contributed by atoms with van der Waals surface area (Å²) in [5.74, 6) is 1.85. The lowest BCUT2D eigenvalue weighted by molar-refractivity contribution is 0.324. The van der Waals surface area contributed by atoms with Crippen molar-refractivity contribution in [2.75, 3.05) is 21.3 Å². The number of hydrazone groups is 1. The van der Waals surface area contributed by atoms with Crippen molar-refractivity contribution >= 4 is 5.71 Å². The van der Waals surface area contributed by atoms with E-state index in [0.717, 1.165) is 17.7 Å². The summed E-state index contributed by atoms with van der Waals surface area (Å²) in [5.41, 5.74) is 6.35. The van der Waals surface area contributed by atoms with Gasteiger partial charge in [-0.25, -0.2) is 0 Å². The Hall–Kier alpha value is -2.69. The van der Waals surface area contributed by atoms with E-state index in [1.807, 2.05) is 30.3 Å². The van der Waals surface area contributed by atoms with Crippen LogP contribution in [0.3, 0.4) is 0 Å². The van der Waals surface area contributed by atoms with Crippen molar-refractivity contribution in [3.63, 3.8) is 0 Å². The van der Waals surface area contributed by atoms with Crippen LogP contribution in [-0.2, 0) is 0 Å². The molecule has 0 unspecified atom stereocenters. The summed E-state index contributed by atoms with van der Waals surface area (Å²) >= 11 is 0. The van der Waals surface area contributed by atoms with E-state index in [0.29, 0.717) is 17.2 Å². The van der Waals surface area contributed by atoms with E-state index in [2.05, 4.69) is 22.7 Å². The van der Waals surface area contributed by atoms with Gasteiger partial charge in [0.25, 0.3) is 0 Å². The first-order valence-electron chi connectivity index (χ1n) is 7.44. The minimum Gasteiger partial charge on any atom is -0.493 e. The third-order valence-electron chi connectivity index (χ3n) is 3.95. The van der Waals surface area contributed by atoms with Gasteiger partial charge in [0.1, 0.15) is 0 Å². The molecule has 0 saturated heterocycles. The maximum Gasteiger partial charge on any atom is 0.203 e. The van der Waals surface area contributed by atoms with Crippen LogP contribution in [0.1, 0.15) is 23.6 Å². The molecule has 2 aromatic rings. The van der Waals surface area contributed by atoms with Crippen LogP contribution < -0.4 is 19.6 Å². The van der Waals surface area contributed by atoms with Crippen LogP contribution in [0.2, 0.25) is 0 Å². The van der Waals surface area contributed by atoms with E-state index in [1.165, 1.54) is 5.56 Å². The SMILES string of the molecule is COc1cc(C2=NN[C@H](c3ccccc3)C2)cc(OC)c1OC. The molecule has 1 aliphatic rings. The molecule has 0 aromatic heterocycles. The maximum atomic E-state index is 5.41. The molecule has 0 saturated carbocycles. The fourth-order valence-corrected chi connectivity index (χ4v) is 2.75. The summed E-state index contributed by atoms with van der Waals surface area (Å²) in [6, 6.07) is 14.3. The van der Waals surface area contributed by atoms with E-state index in [9.17, 15) is 0 Å². The second-order valence-electron chi connectivity index (χ2n) is 5.27. The molecule has 1 aliphatic heterocycles. The number of benzene rings is 2. The third kappa shape index (κ3) is 2.95. The standard InChI is InChI=1S/C18H20N2O3/c1-21-16-9-13(10-17(22-2)18(16)23-3)15-11-14(19-20-15)12-7-5-4-6-8-12/h4-10,14,19H,11H2,1-3H3/t14-/m0/s1. The quantitative estimate of drug-likeness (QED) is 0.921. The van der Waals surface area contributed by atoms with Crippen LogP contribution in [0.4, 0.5) is 0 Å². The second-order valence-corrected chi connectivity index (χ2v) is 5.27. The average molecular weight is 312 g/mol. The Kier molecular flexibility index (Phi) is 4.37. The first-order chi connectivity index (χ1) is 11.3. The zero-order valence-corrected chi connectivity index (χ0v) is 13.5. The highest BCUT2D eigenvalue weighted by molar-refractivity contribution is 6.02. The van der Waals surface area contributed by atoms with Crippen molar-refractivity contribution in [1.29, 1.82) is 0 Å². The summed E-state index contributed by atoms with van der Waals surface area (Å²) in [4.78, 5) is 0. The smallest absolute Gasteiger partial charge is 0.203 e. The lowest BCUT2D eigenvalue weighted by Crippen LogP contribution is -2.09. The van der Waals surface area contributed by atoms with Crippen LogP contribution in [-0.4, -0.2) is 27.0 Å². The van der Waals surface area contributed by atoms with E-state index in [1.54, 1.807) is 21.3 Å². The predicted octanol–water partition coefficient (Wildman–Crippen LogP) is 3.15. The lowest BCUT2D eigenvalue weighted by Gasteiger charge is -2.14. The summed E-state index contributed by atoms with van der Waals surface area (Å²) in [6.07, 6.45) is 0.808. The molecular weight excluding hydrogens is 292 g/mol. The number of ether oxygens (including phenoxy) is 3. The molecule has 0 aliphatic carbocycles. The van der Waals surface area contributed by atoms with Crippen molar-refractivity contribution in [2.24, 2.45) is 5.10 Å². The predicted molar refractivity (Wildman–Crippen MR) is 89.6 cm³/mol. The Bertz CT molecular complexity index is 688. The largest absolute Gasteiger partial charge is 0.493 e. The Morgan fingerprint density at radius 1 is 0.957 bits per heavy atom. The molecule has 0 amide bonds. The molecule has 2 aromatic carbocycles. The molecule has 0 radical (unpaired) electrons. The molecule has 0 bridgehead atoms. The normalized spacial score (nSPS) is 16.5. The molecule has 1 atom stereocenters. The summed E-state index contributed by atoms with van der Waals surface area (Å²) in [7, 11) is 4.82. The first kappa shape index (κ1) is 15.2. The third-order valence-corrected chi connectivity index (χ3v) is 3.95. The number of nitrogens with one attached hydrogen (secondary N) is 1. The van der Waals surface area contributed by atoms with Crippen molar-refractivity contribution in [3.8, 4) is 17.2 Å². The van der Waals surface area contributed by atoms with E-state index in [4.69, 9.17) is 14.2 Å². The van der Waals surface area contributed by atoms with E-state index in [-0.39, 0.29) is 6.04 Å². The van der Waals surface area contributed by atoms with Crippen LogP contribution in [0.25, 0.3) is 0 Å². The maximum absolute atomic E-state index is 5.41. The van der Waals surface area contributed by atoms with E-state index >= 15 is 0 Å². The van der Waals surface area contributed by atoms with Gasteiger partial charge in [0.05, 0.1) is 33.1 Å². The fraction of sp³-hybridized carbons (Fsp3) is 0.278. The highest BCUT2D eigenvalue weighted by atomic mass is 16.5. The van der Waals surface area contributed by atoms with Crippen LogP contribution in [0.5, 0.6) is 17.2 Å². The van der Waals surface area contributed by atoms with Gasteiger partial charge >= 0.3 is 0 Å². The Morgan fingerprint density at radius 2 is 1.61 bits per heavy atom. The minimum absolute atomic E-state index is 0.185. The summed E-state index contributed by atoms with van der Waals surface area (Å²) < 4.78 is 16.2. The Morgan fingerprint density at radius 3 is 2.17 bits per heavy atom. The molecule has 0 spiro atoms. The Balaban J connectivity index is 1.88. The number of nitrogens with zero attached hydrogens (tertiary/aromatic N) is 1. The van der Waals surface area contributed by atoms with Gasteiger partial charge in [0.2, 0.25) is 5.75 Å². The number of methoxy groups -OCH3 is 3. The number of hydrogen-bond acceptors (Lipinski definition) is 5.